The summed E-state index contributed by atoms with van der Waals surface area (Å²) in [5.74, 6) is -3.69. The normalized spacial score (nSPS) is 14.9. The molecule has 9 N–H and O–H groups in total. The Morgan fingerprint density at radius 1 is 1.13 bits per heavy atom. The number of aromatic amines is 1. The second-order valence-electron chi connectivity index (χ2n) is 7.30. The smallest absolute Gasteiger partial charge is 0.326 e. The van der Waals surface area contributed by atoms with Gasteiger partial charge in [-0.05, 0) is 31.4 Å². The summed E-state index contributed by atoms with van der Waals surface area (Å²) in [5.41, 5.74) is 12.7. The van der Waals surface area contributed by atoms with Crippen LogP contribution in [0.1, 0.15) is 25.3 Å². The molecule has 2 aromatic rings. The lowest BCUT2D eigenvalue weighted by Gasteiger charge is -2.24. The molecule has 11 nitrogen and oxygen atoms in total. The summed E-state index contributed by atoms with van der Waals surface area (Å²) in [7, 11) is 0. The third-order valence-corrected chi connectivity index (χ3v) is 4.81. The van der Waals surface area contributed by atoms with Gasteiger partial charge in [-0.1, -0.05) is 18.2 Å². The van der Waals surface area contributed by atoms with Gasteiger partial charge in [-0.3, -0.25) is 14.4 Å². The van der Waals surface area contributed by atoms with Crippen molar-refractivity contribution >= 4 is 34.6 Å². The number of aliphatic hydroxyl groups excluding tert-OH is 1. The Balaban J connectivity index is 2.03. The molecular formula is C20H27N5O6. The molecule has 31 heavy (non-hydrogen) atoms. The number of carbonyl (C=O) groups excluding carboxylic acids is 3. The number of nitrogens with two attached hydrogens (primary N) is 2. The molecule has 1 heterocycles. The van der Waals surface area contributed by atoms with Crippen LogP contribution >= 0.6 is 0 Å². The molecule has 4 atom stereocenters. The van der Waals surface area contributed by atoms with Crippen LogP contribution in [0.2, 0.25) is 0 Å². The number of aliphatic carboxylic acids is 1. The number of H-pyrrole nitrogens is 1. The van der Waals surface area contributed by atoms with Gasteiger partial charge in [0.05, 0.1) is 12.1 Å². The monoisotopic (exact) mass is 433 g/mol. The largest absolute Gasteiger partial charge is 0.480 e. The number of hydrogen-bond donors (Lipinski definition) is 7. The van der Waals surface area contributed by atoms with Crippen molar-refractivity contribution in [3.8, 4) is 0 Å². The third-order valence-electron chi connectivity index (χ3n) is 4.81. The zero-order valence-electron chi connectivity index (χ0n) is 17.0. The van der Waals surface area contributed by atoms with Crippen molar-refractivity contribution in [1.29, 1.82) is 0 Å². The van der Waals surface area contributed by atoms with Crippen LogP contribution in [0.3, 0.4) is 0 Å². The predicted octanol–water partition coefficient (Wildman–Crippen LogP) is -1.26. The highest BCUT2D eigenvalue weighted by Gasteiger charge is 2.31. The second kappa shape index (κ2) is 10.5. The summed E-state index contributed by atoms with van der Waals surface area (Å²) in [5, 5.41) is 24.6. The summed E-state index contributed by atoms with van der Waals surface area (Å²) < 4.78 is 0. The molecule has 3 amide bonds. The fraction of sp³-hybridized carbons (Fsp3) is 0.400. The first kappa shape index (κ1) is 23.8. The molecule has 168 valence electrons. The third kappa shape index (κ3) is 6.52. The van der Waals surface area contributed by atoms with Crippen molar-refractivity contribution in [3.63, 3.8) is 0 Å². The molecule has 0 saturated heterocycles. The maximum Gasteiger partial charge on any atom is 0.326 e. The number of carbonyl (C=O) groups is 4. The van der Waals surface area contributed by atoms with Crippen molar-refractivity contribution in [1.82, 2.24) is 15.6 Å². The number of benzene rings is 1. The number of fused-ring (bicyclic) bond motifs is 1. The SMILES string of the molecule is CC(O)C(NC(=O)C(N)Cc1c[nH]c2ccccc12)C(=O)NC(CCC(N)=O)C(=O)O. The van der Waals surface area contributed by atoms with Gasteiger partial charge < -0.3 is 37.3 Å². The molecule has 11 heteroatoms. The number of aromatic nitrogens is 1. The average Bonchev–Trinajstić information content (AvgIpc) is 3.11. The highest BCUT2D eigenvalue weighted by molar-refractivity contribution is 5.93. The highest BCUT2D eigenvalue weighted by Crippen LogP contribution is 2.18. The highest BCUT2D eigenvalue weighted by atomic mass is 16.4. The Hall–Kier alpha value is -3.44. The van der Waals surface area contributed by atoms with E-state index in [4.69, 9.17) is 11.5 Å². The van der Waals surface area contributed by atoms with Gasteiger partial charge in [0.2, 0.25) is 17.7 Å². The van der Waals surface area contributed by atoms with E-state index in [-0.39, 0.29) is 19.3 Å². The van der Waals surface area contributed by atoms with Crippen molar-refractivity contribution < 1.29 is 29.4 Å². The first-order chi connectivity index (χ1) is 14.6. The minimum atomic E-state index is -1.43. The minimum absolute atomic E-state index is 0.181. The van der Waals surface area contributed by atoms with E-state index in [1.807, 2.05) is 24.3 Å². The maximum absolute atomic E-state index is 12.5. The lowest BCUT2D eigenvalue weighted by Crippen LogP contribution is -2.58. The summed E-state index contributed by atoms with van der Waals surface area (Å²) in [6.07, 6.45) is 0.123. The standard InChI is InChI=1S/C20H27N5O6/c1-10(26)17(19(29)24-15(20(30)31)6-7-16(22)27)25-18(28)13(21)8-11-9-23-14-5-3-2-4-12(11)14/h2-5,9-10,13,15,17,23,26H,6-8,21H2,1H3,(H2,22,27)(H,24,29)(H,25,28)(H,30,31). The number of carboxylic acids is 1. The molecule has 0 fully saturated rings. The van der Waals surface area contributed by atoms with Gasteiger partial charge >= 0.3 is 5.97 Å². The lowest BCUT2D eigenvalue weighted by atomic mass is 10.0. The van der Waals surface area contributed by atoms with Gasteiger partial charge in [0.15, 0.2) is 0 Å². The molecule has 1 aromatic carbocycles. The number of rotatable bonds is 11. The molecule has 4 unspecified atom stereocenters. The molecule has 2 rings (SSSR count). The number of aliphatic hydroxyl groups is 1. The average molecular weight is 433 g/mol. The molecule has 0 saturated carbocycles. The summed E-state index contributed by atoms with van der Waals surface area (Å²) in [6, 6.07) is 3.64. The fourth-order valence-electron chi connectivity index (χ4n) is 3.10. The van der Waals surface area contributed by atoms with Crippen LogP contribution in [0.15, 0.2) is 30.5 Å². The zero-order valence-corrected chi connectivity index (χ0v) is 17.0. The number of hydrogen-bond acceptors (Lipinski definition) is 6. The van der Waals surface area contributed by atoms with E-state index in [0.717, 1.165) is 16.5 Å². The van der Waals surface area contributed by atoms with E-state index in [9.17, 15) is 29.4 Å². The number of primary amides is 1. The van der Waals surface area contributed by atoms with E-state index in [2.05, 4.69) is 15.6 Å². The maximum atomic E-state index is 12.5. The van der Waals surface area contributed by atoms with Crippen molar-refractivity contribution in [2.75, 3.05) is 0 Å². The first-order valence-corrected chi connectivity index (χ1v) is 9.70. The molecular weight excluding hydrogens is 406 g/mol. The Kier molecular flexibility index (Phi) is 8.11. The molecule has 0 aliphatic heterocycles. The van der Waals surface area contributed by atoms with Gasteiger partial charge in [-0.25, -0.2) is 4.79 Å². The Morgan fingerprint density at radius 2 is 1.81 bits per heavy atom. The van der Waals surface area contributed by atoms with Crippen LogP contribution in [0.4, 0.5) is 0 Å². The Bertz CT molecular complexity index is 956. The van der Waals surface area contributed by atoms with Gasteiger partial charge in [0.25, 0.3) is 0 Å². The molecule has 0 aliphatic rings. The number of amides is 3. The van der Waals surface area contributed by atoms with Gasteiger partial charge in [-0.2, -0.15) is 0 Å². The quantitative estimate of drug-likeness (QED) is 0.229. The fourth-order valence-corrected chi connectivity index (χ4v) is 3.10. The van der Waals surface area contributed by atoms with E-state index in [1.54, 1.807) is 6.20 Å². The van der Waals surface area contributed by atoms with E-state index in [0.29, 0.717) is 0 Å². The minimum Gasteiger partial charge on any atom is -0.480 e. The van der Waals surface area contributed by atoms with Crippen molar-refractivity contribution in [2.45, 2.75) is 50.4 Å². The van der Waals surface area contributed by atoms with Crippen LogP contribution in [-0.2, 0) is 25.6 Å². The molecule has 0 bridgehead atoms. The molecule has 0 aliphatic carbocycles. The molecule has 0 spiro atoms. The first-order valence-electron chi connectivity index (χ1n) is 9.70. The van der Waals surface area contributed by atoms with Crippen LogP contribution in [0.25, 0.3) is 10.9 Å². The van der Waals surface area contributed by atoms with E-state index < -0.39 is 47.9 Å². The van der Waals surface area contributed by atoms with Crippen molar-refractivity contribution in [2.24, 2.45) is 11.5 Å². The Morgan fingerprint density at radius 3 is 2.42 bits per heavy atom. The molecule has 1 aromatic heterocycles. The van der Waals surface area contributed by atoms with E-state index in [1.165, 1.54) is 6.92 Å². The summed E-state index contributed by atoms with van der Waals surface area (Å²) in [4.78, 5) is 50.3. The number of carboxylic acid groups (broad SMARTS) is 1. The Labute approximate surface area is 178 Å². The number of nitrogens with one attached hydrogen (secondary N) is 3. The van der Waals surface area contributed by atoms with Crippen LogP contribution in [-0.4, -0.2) is 63.1 Å². The lowest BCUT2D eigenvalue weighted by molar-refractivity contribution is -0.143. The number of para-hydroxylation sites is 1. The second-order valence-corrected chi connectivity index (χ2v) is 7.30. The van der Waals surface area contributed by atoms with Crippen molar-refractivity contribution in [3.05, 3.63) is 36.0 Å². The molecule has 0 radical (unpaired) electrons. The summed E-state index contributed by atoms with van der Waals surface area (Å²) in [6.45, 7) is 1.27. The summed E-state index contributed by atoms with van der Waals surface area (Å²) >= 11 is 0. The van der Waals surface area contributed by atoms with Crippen LogP contribution in [0.5, 0.6) is 0 Å². The van der Waals surface area contributed by atoms with Gasteiger partial charge in [-0.15, -0.1) is 0 Å². The predicted molar refractivity (Wildman–Crippen MR) is 112 cm³/mol. The van der Waals surface area contributed by atoms with Crippen LogP contribution < -0.4 is 22.1 Å². The van der Waals surface area contributed by atoms with E-state index >= 15 is 0 Å². The van der Waals surface area contributed by atoms with Gasteiger partial charge in [0, 0.05) is 23.5 Å². The van der Waals surface area contributed by atoms with Gasteiger partial charge in [0.1, 0.15) is 12.1 Å². The zero-order chi connectivity index (χ0) is 23.1. The topological polar surface area (TPSA) is 201 Å². The van der Waals surface area contributed by atoms with Crippen LogP contribution in [0, 0.1) is 0 Å².